The summed E-state index contributed by atoms with van der Waals surface area (Å²) in [5.41, 5.74) is -0.0555. The molecule has 2 unspecified atom stereocenters. The van der Waals surface area contributed by atoms with Crippen LogP contribution >= 0.6 is 15.9 Å². The predicted octanol–water partition coefficient (Wildman–Crippen LogP) is 2.42. The Labute approximate surface area is 134 Å². The second-order valence-corrected chi connectivity index (χ2v) is 7.68. The Bertz CT molecular complexity index is 574. The Kier molecular flexibility index (Phi) is 6.54. The number of carboxylic acid groups (broad SMARTS) is 1. The van der Waals surface area contributed by atoms with Crippen molar-refractivity contribution >= 4 is 38.6 Å². The average molecular weight is 376 g/mol. The summed E-state index contributed by atoms with van der Waals surface area (Å²) in [4.78, 5) is 23.3. The molecule has 116 valence electrons. The van der Waals surface area contributed by atoms with E-state index in [1.165, 1.54) is 19.1 Å². The number of aromatic carboxylic acids is 1. The molecule has 21 heavy (non-hydrogen) atoms. The second kappa shape index (κ2) is 7.70. The molecule has 0 aromatic heterocycles. The molecule has 0 fully saturated rings. The van der Waals surface area contributed by atoms with E-state index in [0.717, 1.165) is 0 Å². The van der Waals surface area contributed by atoms with Gasteiger partial charge in [-0.25, -0.2) is 4.79 Å². The molecule has 1 aromatic rings. The van der Waals surface area contributed by atoms with Crippen LogP contribution in [-0.2, 0) is 15.6 Å². The molecule has 0 spiro atoms. The zero-order valence-corrected chi connectivity index (χ0v) is 14.5. The van der Waals surface area contributed by atoms with Gasteiger partial charge in [-0.15, -0.1) is 0 Å². The zero-order valence-electron chi connectivity index (χ0n) is 12.1. The van der Waals surface area contributed by atoms with E-state index in [-0.39, 0.29) is 22.3 Å². The van der Waals surface area contributed by atoms with Crippen LogP contribution in [0.5, 0.6) is 0 Å². The van der Waals surface area contributed by atoms with E-state index >= 15 is 0 Å². The monoisotopic (exact) mass is 375 g/mol. The van der Waals surface area contributed by atoms with E-state index in [0.29, 0.717) is 11.0 Å². The predicted molar refractivity (Wildman–Crippen MR) is 84.8 cm³/mol. The van der Waals surface area contributed by atoms with Crippen molar-refractivity contribution in [1.82, 2.24) is 5.32 Å². The van der Waals surface area contributed by atoms with E-state index in [4.69, 9.17) is 5.11 Å². The van der Waals surface area contributed by atoms with Gasteiger partial charge >= 0.3 is 5.97 Å². The lowest BCUT2D eigenvalue weighted by atomic mass is 10.2. The van der Waals surface area contributed by atoms with Gasteiger partial charge in [0.25, 0.3) is 0 Å². The molecular formula is C14H18BrNO4S. The van der Waals surface area contributed by atoms with Crippen molar-refractivity contribution in [3.8, 4) is 0 Å². The maximum absolute atomic E-state index is 12.5. The summed E-state index contributed by atoms with van der Waals surface area (Å²) in [6, 6.07) is 4.41. The summed E-state index contributed by atoms with van der Waals surface area (Å²) >= 11 is 3.22. The molecule has 0 bridgehead atoms. The van der Waals surface area contributed by atoms with Gasteiger partial charge in [-0.3, -0.25) is 9.00 Å². The maximum Gasteiger partial charge on any atom is 0.336 e. The molecule has 0 aliphatic rings. The molecule has 1 rings (SSSR count). The van der Waals surface area contributed by atoms with Crippen LogP contribution in [0.2, 0.25) is 0 Å². The van der Waals surface area contributed by atoms with Crippen LogP contribution in [0.3, 0.4) is 0 Å². The first-order valence-corrected chi connectivity index (χ1v) is 8.45. The Morgan fingerprint density at radius 1 is 1.33 bits per heavy atom. The minimum atomic E-state index is -1.74. The Morgan fingerprint density at radius 3 is 2.48 bits per heavy atom. The average Bonchev–Trinajstić information content (AvgIpc) is 2.42. The number of carbonyl (C=O) groups is 2. The van der Waals surface area contributed by atoms with E-state index in [9.17, 15) is 13.8 Å². The molecule has 0 aliphatic carbocycles. The SMILES string of the molecule is CC(C)CNC(=O)C(C)S(=O)c1cc(Br)ccc1C(=O)O. The lowest BCUT2D eigenvalue weighted by molar-refractivity contribution is -0.120. The molecule has 2 atom stereocenters. The number of carboxylic acids is 1. The highest BCUT2D eigenvalue weighted by molar-refractivity contribution is 9.10. The maximum atomic E-state index is 12.5. The smallest absolute Gasteiger partial charge is 0.336 e. The van der Waals surface area contributed by atoms with E-state index < -0.39 is 22.0 Å². The normalized spacial score (nSPS) is 13.8. The number of amides is 1. The second-order valence-electron chi connectivity index (χ2n) is 5.02. The number of benzene rings is 1. The van der Waals surface area contributed by atoms with Gasteiger partial charge in [0.1, 0.15) is 5.25 Å². The number of nitrogens with one attached hydrogen (secondary N) is 1. The van der Waals surface area contributed by atoms with Gasteiger partial charge in [-0.1, -0.05) is 29.8 Å². The van der Waals surface area contributed by atoms with Gasteiger partial charge in [-0.05, 0) is 31.0 Å². The van der Waals surface area contributed by atoms with E-state index in [1.807, 2.05) is 13.8 Å². The first kappa shape index (κ1) is 17.8. The first-order chi connectivity index (χ1) is 9.73. The highest BCUT2D eigenvalue weighted by Crippen LogP contribution is 2.22. The molecule has 0 aliphatic heterocycles. The summed E-state index contributed by atoms with van der Waals surface area (Å²) in [6.45, 7) is 5.93. The molecule has 2 N–H and O–H groups in total. The van der Waals surface area contributed by atoms with Crippen LogP contribution in [0.1, 0.15) is 31.1 Å². The minimum Gasteiger partial charge on any atom is -0.478 e. The minimum absolute atomic E-state index is 0.0555. The van der Waals surface area contributed by atoms with Crippen LogP contribution in [0, 0.1) is 5.92 Å². The van der Waals surface area contributed by atoms with Crippen LogP contribution in [-0.4, -0.2) is 33.0 Å². The number of carbonyl (C=O) groups excluding carboxylic acids is 1. The number of hydrogen-bond acceptors (Lipinski definition) is 3. The summed E-state index contributed by atoms with van der Waals surface area (Å²) in [5, 5.41) is 11.0. The van der Waals surface area contributed by atoms with Crippen LogP contribution in [0.15, 0.2) is 27.6 Å². The fourth-order valence-corrected chi connectivity index (χ4v) is 3.36. The lowest BCUT2D eigenvalue weighted by Gasteiger charge is -2.15. The van der Waals surface area contributed by atoms with Crippen LogP contribution in [0.25, 0.3) is 0 Å². The molecule has 1 aromatic carbocycles. The summed E-state index contributed by atoms with van der Waals surface area (Å²) in [5.74, 6) is -1.23. The Morgan fingerprint density at radius 2 is 1.95 bits per heavy atom. The molecule has 0 radical (unpaired) electrons. The molecule has 0 saturated heterocycles. The van der Waals surface area contributed by atoms with Gasteiger partial charge in [0, 0.05) is 11.0 Å². The molecule has 1 amide bonds. The molecule has 0 saturated carbocycles. The molecule has 5 nitrogen and oxygen atoms in total. The number of hydrogen-bond donors (Lipinski definition) is 2. The van der Waals surface area contributed by atoms with Gasteiger partial charge < -0.3 is 10.4 Å². The van der Waals surface area contributed by atoms with Crippen molar-refractivity contribution in [3.63, 3.8) is 0 Å². The van der Waals surface area contributed by atoms with Crippen molar-refractivity contribution in [2.45, 2.75) is 30.9 Å². The van der Waals surface area contributed by atoms with Crippen molar-refractivity contribution in [1.29, 1.82) is 0 Å². The highest BCUT2D eigenvalue weighted by atomic mass is 79.9. The Hall–Kier alpha value is -1.21. The first-order valence-electron chi connectivity index (χ1n) is 6.45. The van der Waals surface area contributed by atoms with Gasteiger partial charge in [0.15, 0.2) is 0 Å². The van der Waals surface area contributed by atoms with Crippen LogP contribution in [0.4, 0.5) is 0 Å². The lowest BCUT2D eigenvalue weighted by Crippen LogP contribution is -2.37. The fraction of sp³-hybridized carbons (Fsp3) is 0.429. The topological polar surface area (TPSA) is 83.5 Å². The standard InChI is InChI=1S/C14H18BrNO4S/c1-8(2)7-16-13(17)9(3)21(20)12-6-10(15)4-5-11(12)14(18)19/h4-6,8-9H,7H2,1-3H3,(H,16,17)(H,18,19). The van der Waals surface area contributed by atoms with Gasteiger partial charge in [-0.2, -0.15) is 0 Å². The van der Waals surface area contributed by atoms with E-state index in [1.54, 1.807) is 6.07 Å². The number of halogens is 1. The van der Waals surface area contributed by atoms with Gasteiger partial charge in [0.2, 0.25) is 5.91 Å². The molecular weight excluding hydrogens is 358 g/mol. The van der Waals surface area contributed by atoms with Crippen LogP contribution < -0.4 is 5.32 Å². The molecule has 0 heterocycles. The largest absolute Gasteiger partial charge is 0.478 e. The fourth-order valence-electron chi connectivity index (χ4n) is 1.58. The third kappa shape index (κ3) is 4.93. The summed E-state index contributed by atoms with van der Waals surface area (Å²) in [6.07, 6.45) is 0. The van der Waals surface area contributed by atoms with Crippen molar-refractivity contribution < 1.29 is 18.9 Å². The number of rotatable bonds is 6. The molecule has 7 heteroatoms. The summed E-state index contributed by atoms with van der Waals surface area (Å²) in [7, 11) is -1.74. The van der Waals surface area contributed by atoms with Crippen molar-refractivity contribution in [2.24, 2.45) is 5.92 Å². The summed E-state index contributed by atoms with van der Waals surface area (Å²) < 4.78 is 13.1. The van der Waals surface area contributed by atoms with Crippen molar-refractivity contribution in [2.75, 3.05) is 6.54 Å². The third-order valence-corrected chi connectivity index (χ3v) is 4.89. The van der Waals surface area contributed by atoms with E-state index in [2.05, 4.69) is 21.2 Å². The third-order valence-electron chi connectivity index (χ3n) is 2.77. The highest BCUT2D eigenvalue weighted by Gasteiger charge is 2.25. The van der Waals surface area contributed by atoms with Crippen molar-refractivity contribution in [3.05, 3.63) is 28.2 Å². The zero-order chi connectivity index (χ0) is 16.2. The quantitative estimate of drug-likeness (QED) is 0.799. The van der Waals surface area contributed by atoms with Gasteiger partial charge in [0.05, 0.1) is 21.3 Å². The Balaban J connectivity index is 2.99.